The highest BCUT2D eigenvalue weighted by molar-refractivity contribution is 6.15. The summed E-state index contributed by atoms with van der Waals surface area (Å²) in [6.45, 7) is 0. The second-order valence-corrected chi connectivity index (χ2v) is 4.95. The lowest BCUT2D eigenvalue weighted by molar-refractivity contribution is 0.104. The van der Waals surface area contributed by atoms with Crippen molar-refractivity contribution in [3.63, 3.8) is 0 Å². The number of phenols is 2. The predicted molar refractivity (Wildman–Crippen MR) is 78.8 cm³/mol. The minimum absolute atomic E-state index is 0.0607. The number of hydrogen-bond acceptors (Lipinski definition) is 4. The van der Waals surface area contributed by atoms with E-state index in [0.717, 1.165) is 11.1 Å². The average Bonchev–Trinajstić information content (AvgIpc) is 2.77. The van der Waals surface area contributed by atoms with Crippen LogP contribution in [0.15, 0.2) is 42.0 Å². The summed E-state index contributed by atoms with van der Waals surface area (Å²) >= 11 is 0. The fraction of sp³-hybridized carbons (Fsp3) is 0.118. The van der Waals surface area contributed by atoms with Gasteiger partial charge in [-0.25, -0.2) is 0 Å². The topological polar surface area (TPSA) is 66.8 Å². The largest absolute Gasteiger partial charge is 0.508 e. The number of carbonyl (C=O) groups excluding carboxylic acids is 1. The number of allylic oxidation sites excluding steroid dienone is 1. The Morgan fingerprint density at radius 1 is 1.14 bits per heavy atom. The Morgan fingerprint density at radius 3 is 2.71 bits per heavy atom. The minimum Gasteiger partial charge on any atom is -0.508 e. The number of aromatic hydroxyl groups is 2. The standard InChI is InChI=1S/C17H14O4/c1-21-16-7-10(2-5-15(16)19)6-12-8-11-3-4-13(18)9-14(11)17(12)20/h2-7,9,18-19H,8H2,1H3. The lowest BCUT2D eigenvalue weighted by Crippen LogP contribution is -1.95. The first-order chi connectivity index (χ1) is 10.1. The number of ether oxygens (including phenoxy) is 1. The number of carbonyl (C=O) groups is 1. The van der Waals surface area contributed by atoms with Crippen molar-refractivity contribution in [2.45, 2.75) is 6.42 Å². The lowest BCUT2D eigenvalue weighted by Gasteiger charge is -2.04. The molecule has 0 fully saturated rings. The van der Waals surface area contributed by atoms with E-state index >= 15 is 0 Å². The molecule has 0 aliphatic heterocycles. The van der Waals surface area contributed by atoms with E-state index in [1.807, 2.05) is 0 Å². The summed E-state index contributed by atoms with van der Waals surface area (Å²) in [5.74, 6) is 0.443. The van der Waals surface area contributed by atoms with E-state index in [-0.39, 0.29) is 17.3 Å². The molecule has 0 bridgehead atoms. The van der Waals surface area contributed by atoms with Crippen molar-refractivity contribution in [3.8, 4) is 17.2 Å². The summed E-state index contributed by atoms with van der Waals surface area (Å²) in [5.41, 5.74) is 2.90. The van der Waals surface area contributed by atoms with Gasteiger partial charge in [0, 0.05) is 17.6 Å². The van der Waals surface area contributed by atoms with Crippen LogP contribution in [0.2, 0.25) is 0 Å². The van der Waals surface area contributed by atoms with Crippen LogP contribution in [-0.2, 0) is 6.42 Å². The van der Waals surface area contributed by atoms with Crippen LogP contribution in [0.5, 0.6) is 17.2 Å². The van der Waals surface area contributed by atoms with Gasteiger partial charge in [0.15, 0.2) is 17.3 Å². The Morgan fingerprint density at radius 2 is 1.95 bits per heavy atom. The molecule has 106 valence electrons. The molecular formula is C17H14O4. The molecule has 2 aromatic rings. The van der Waals surface area contributed by atoms with Gasteiger partial charge in [0.1, 0.15) is 5.75 Å². The maximum atomic E-state index is 12.3. The van der Waals surface area contributed by atoms with Crippen molar-refractivity contribution >= 4 is 11.9 Å². The lowest BCUT2D eigenvalue weighted by atomic mass is 10.1. The monoisotopic (exact) mass is 282 g/mol. The van der Waals surface area contributed by atoms with Crippen LogP contribution in [-0.4, -0.2) is 23.1 Å². The van der Waals surface area contributed by atoms with E-state index in [2.05, 4.69) is 0 Å². The Bertz CT molecular complexity index is 759. The van der Waals surface area contributed by atoms with Crippen LogP contribution in [0.25, 0.3) is 6.08 Å². The molecule has 0 atom stereocenters. The number of rotatable bonds is 2. The highest BCUT2D eigenvalue weighted by Gasteiger charge is 2.25. The molecule has 0 heterocycles. The Labute approximate surface area is 121 Å². The van der Waals surface area contributed by atoms with Gasteiger partial charge in [-0.3, -0.25) is 4.79 Å². The minimum atomic E-state index is -0.0760. The molecule has 0 saturated carbocycles. The van der Waals surface area contributed by atoms with E-state index < -0.39 is 0 Å². The Balaban J connectivity index is 1.97. The molecule has 21 heavy (non-hydrogen) atoms. The molecule has 0 unspecified atom stereocenters. The fourth-order valence-electron chi connectivity index (χ4n) is 2.49. The molecule has 1 aliphatic carbocycles. The fourth-order valence-corrected chi connectivity index (χ4v) is 2.49. The molecule has 0 spiro atoms. The van der Waals surface area contributed by atoms with E-state index in [0.29, 0.717) is 23.3 Å². The van der Waals surface area contributed by atoms with Crippen LogP contribution in [0, 0.1) is 0 Å². The number of ketones is 1. The third-order valence-electron chi connectivity index (χ3n) is 3.56. The SMILES string of the molecule is COc1cc(C=C2Cc3ccc(O)cc3C2=O)ccc1O. The molecule has 1 aliphatic rings. The molecule has 0 radical (unpaired) electrons. The van der Waals surface area contributed by atoms with Crippen LogP contribution in [0.3, 0.4) is 0 Å². The van der Waals surface area contributed by atoms with Gasteiger partial charge in [-0.2, -0.15) is 0 Å². The van der Waals surface area contributed by atoms with Crippen molar-refractivity contribution < 1.29 is 19.7 Å². The summed E-state index contributed by atoms with van der Waals surface area (Å²) in [5, 5.41) is 19.1. The van der Waals surface area contributed by atoms with Gasteiger partial charge in [-0.15, -0.1) is 0 Å². The highest BCUT2D eigenvalue weighted by Crippen LogP contribution is 2.32. The Hall–Kier alpha value is -2.75. The molecular weight excluding hydrogens is 268 g/mol. The zero-order chi connectivity index (χ0) is 15.0. The maximum Gasteiger partial charge on any atom is 0.189 e. The molecule has 2 aromatic carbocycles. The number of hydrogen-bond donors (Lipinski definition) is 2. The second-order valence-electron chi connectivity index (χ2n) is 4.95. The molecule has 0 amide bonds. The van der Waals surface area contributed by atoms with Gasteiger partial charge >= 0.3 is 0 Å². The van der Waals surface area contributed by atoms with Crippen molar-refractivity contribution in [1.82, 2.24) is 0 Å². The van der Waals surface area contributed by atoms with Crippen LogP contribution in [0.4, 0.5) is 0 Å². The first-order valence-corrected chi connectivity index (χ1v) is 6.52. The molecule has 4 nitrogen and oxygen atoms in total. The van der Waals surface area contributed by atoms with E-state index in [1.54, 1.807) is 30.3 Å². The average molecular weight is 282 g/mol. The molecule has 2 N–H and O–H groups in total. The van der Waals surface area contributed by atoms with Crippen molar-refractivity contribution in [1.29, 1.82) is 0 Å². The highest BCUT2D eigenvalue weighted by atomic mass is 16.5. The zero-order valence-corrected chi connectivity index (χ0v) is 11.5. The third kappa shape index (κ3) is 2.36. The smallest absolute Gasteiger partial charge is 0.189 e. The molecule has 0 saturated heterocycles. The van der Waals surface area contributed by atoms with Gasteiger partial charge in [0.05, 0.1) is 7.11 Å². The summed E-state index contributed by atoms with van der Waals surface area (Å²) in [4.78, 5) is 12.3. The first kappa shape index (κ1) is 13.2. The predicted octanol–water partition coefficient (Wildman–Crippen LogP) is 2.93. The van der Waals surface area contributed by atoms with E-state index in [9.17, 15) is 15.0 Å². The normalized spacial score (nSPS) is 15.3. The van der Waals surface area contributed by atoms with E-state index in [4.69, 9.17) is 4.74 Å². The molecule has 0 aromatic heterocycles. The number of phenolic OH excluding ortho intramolecular Hbond substituents is 2. The summed E-state index contributed by atoms with van der Waals surface area (Å²) in [6, 6.07) is 9.77. The zero-order valence-electron chi connectivity index (χ0n) is 11.5. The van der Waals surface area contributed by atoms with Crippen molar-refractivity contribution in [2.24, 2.45) is 0 Å². The van der Waals surface area contributed by atoms with Gasteiger partial charge in [-0.05, 0) is 41.5 Å². The van der Waals surface area contributed by atoms with Crippen molar-refractivity contribution in [3.05, 3.63) is 58.7 Å². The Kier molecular flexibility index (Phi) is 3.14. The van der Waals surface area contributed by atoms with Crippen LogP contribution < -0.4 is 4.74 Å². The number of Topliss-reactive ketones (excluding diaryl/α,β-unsaturated/α-hetero) is 1. The third-order valence-corrected chi connectivity index (χ3v) is 3.56. The van der Waals surface area contributed by atoms with Crippen molar-refractivity contribution in [2.75, 3.05) is 7.11 Å². The number of fused-ring (bicyclic) bond motifs is 1. The number of methoxy groups -OCH3 is 1. The first-order valence-electron chi connectivity index (χ1n) is 6.52. The summed E-state index contributed by atoms with van der Waals surface area (Å²) < 4.78 is 5.06. The summed E-state index contributed by atoms with van der Waals surface area (Å²) in [7, 11) is 1.48. The molecule has 4 heteroatoms. The van der Waals surface area contributed by atoms with Crippen LogP contribution in [0.1, 0.15) is 21.5 Å². The maximum absolute atomic E-state index is 12.3. The quantitative estimate of drug-likeness (QED) is 0.831. The van der Waals surface area contributed by atoms with Crippen LogP contribution >= 0.6 is 0 Å². The second kappa shape index (κ2) is 4.98. The summed E-state index contributed by atoms with van der Waals surface area (Å²) in [6.07, 6.45) is 2.32. The van der Waals surface area contributed by atoms with Gasteiger partial charge in [0.2, 0.25) is 0 Å². The van der Waals surface area contributed by atoms with Gasteiger partial charge < -0.3 is 14.9 Å². The molecule has 3 rings (SSSR count). The van der Waals surface area contributed by atoms with Gasteiger partial charge in [0.25, 0.3) is 0 Å². The van der Waals surface area contributed by atoms with Gasteiger partial charge in [-0.1, -0.05) is 12.1 Å². The van der Waals surface area contributed by atoms with E-state index in [1.165, 1.54) is 19.2 Å². The number of benzene rings is 2.